The third kappa shape index (κ3) is 3.09. The molecule has 1 heterocycles. The zero-order valence-corrected chi connectivity index (χ0v) is 13.1. The maximum atomic E-state index is 12.1. The summed E-state index contributed by atoms with van der Waals surface area (Å²) in [7, 11) is 0. The minimum Gasteiger partial charge on any atom is -0.417 e. The molecule has 2 aromatic carbocycles. The summed E-state index contributed by atoms with van der Waals surface area (Å²) in [5.74, 6) is -0.401. The van der Waals surface area contributed by atoms with Crippen molar-refractivity contribution in [2.24, 2.45) is 0 Å². The summed E-state index contributed by atoms with van der Waals surface area (Å²) >= 11 is 3.30. The molecular formula is C17H12BrNO3. The highest BCUT2D eigenvalue weighted by Crippen LogP contribution is 2.18. The van der Waals surface area contributed by atoms with Gasteiger partial charge in [0.2, 0.25) is 0 Å². The van der Waals surface area contributed by atoms with Gasteiger partial charge in [0.15, 0.2) is 5.76 Å². The Balaban J connectivity index is 1.85. The number of benzene rings is 2. The van der Waals surface area contributed by atoms with E-state index in [9.17, 15) is 9.59 Å². The first kappa shape index (κ1) is 14.5. The molecule has 0 unspecified atom stereocenters. The number of carbonyl (C=O) groups is 1. The van der Waals surface area contributed by atoms with Crippen LogP contribution in [0.4, 0.5) is 0 Å². The highest BCUT2D eigenvalue weighted by Gasteiger charge is 2.12. The fourth-order valence-corrected chi connectivity index (χ4v) is 2.49. The molecule has 3 rings (SSSR count). The van der Waals surface area contributed by atoms with E-state index in [1.54, 1.807) is 18.2 Å². The molecule has 22 heavy (non-hydrogen) atoms. The largest absolute Gasteiger partial charge is 0.417 e. The second kappa shape index (κ2) is 6.15. The summed E-state index contributed by atoms with van der Waals surface area (Å²) in [4.78, 5) is 24.1. The number of rotatable bonds is 3. The van der Waals surface area contributed by atoms with E-state index >= 15 is 0 Å². The molecule has 0 radical (unpaired) electrons. The van der Waals surface area contributed by atoms with E-state index in [4.69, 9.17) is 4.42 Å². The van der Waals surface area contributed by atoms with Crippen LogP contribution in [0.15, 0.2) is 68.3 Å². The number of fused-ring (bicyclic) bond motifs is 1. The Morgan fingerprint density at radius 1 is 1.09 bits per heavy atom. The summed E-state index contributed by atoms with van der Waals surface area (Å²) in [6, 6.07) is 16.4. The van der Waals surface area contributed by atoms with Gasteiger partial charge in [-0.25, -0.2) is 4.79 Å². The summed E-state index contributed by atoms with van der Waals surface area (Å²) in [5.41, 5.74) is 0.451. The molecule has 5 heteroatoms. The quantitative estimate of drug-likeness (QED) is 0.780. The Hall–Kier alpha value is -2.40. The molecule has 0 bridgehead atoms. The Morgan fingerprint density at radius 2 is 1.86 bits per heavy atom. The minimum absolute atomic E-state index is 0.00996. The van der Waals surface area contributed by atoms with Gasteiger partial charge in [-0.1, -0.05) is 52.3 Å². The molecule has 0 aliphatic heterocycles. The van der Waals surface area contributed by atoms with Gasteiger partial charge in [-0.15, -0.1) is 0 Å². The lowest BCUT2D eigenvalue weighted by Crippen LogP contribution is -2.23. The molecule has 1 amide bonds. The summed E-state index contributed by atoms with van der Waals surface area (Å²) < 4.78 is 5.89. The van der Waals surface area contributed by atoms with E-state index < -0.39 is 11.5 Å². The van der Waals surface area contributed by atoms with Crippen LogP contribution in [0, 0.1) is 0 Å². The zero-order valence-electron chi connectivity index (χ0n) is 11.5. The first-order chi connectivity index (χ1) is 10.6. The van der Waals surface area contributed by atoms with Gasteiger partial charge in [0, 0.05) is 11.0 Å². The van der Waals surface area contributed by atoms with Crippen LogP contribution in [0.2, 0.25) is 0 Å². The van der Waals surface area contributed by atoms with E-state index in [1.165, 1.54) is 0 Å². The van der Waals surface area contributed by atoms with Gasteiger partial charge >= 0.3 is 5.63 Å². The van der Waals surface area contributed by atoms with Crippen molar-refractivity contribution in [3.8, 4) is 0 Å². The molecule has 0 atom stereocenters. The Kier molecular flexibility index (Phi) is 4.06. The average Bonchev–Trinajstić information content (AvgIpc) is 2.54. The highest BCUT2D eigenvalue weighted by atomic mass is 79.9. The summed E-state index contributed by atoms with van der Waals surface area (Å²) in [5, 5.41) is 3.85. The van der Waals surface area contributed by atoms with Crippen molar-refractivity contribution in [1.82, 2.24) is 5.32 Å². The molecule has 3 aromatic rings. The fraction of sp³-hybridized carbons (Fsp3) is 0.0588. The molecule has 0 spiro atoms. The summed E-state index contributed by atoms with van der Waals surface area (Å²) in [6.45, 7) is 0.377. The molecule has 1 N–H and O–H groups in total. The minimum atomic E-state index is -0.524. The van der Waals surface area contributed by atoms with E-state index in [0.717, 1.165) is 10.0 Å². The molecule has 0 aliphatic carbocycles. The van der Waals surface area contributed by atoms with E-state index in [2.05, 4.69) is 21.2 Å². The van der Waals surface area contributed by atoms with Gasteiger partial charge in [0.25, 0.3) is 5.91 Å². The first-order valence-electron chi connectivity index (χ1n) is 6.69. The van der Waals surface area contributed by atoms with E-state index in [0.29, 0.717) is 17.3 Å². The topological polar surface area (TPSA) is 59.3 Å². The lowest BCUT2D eigenvalue weighted by atomic mass is 10.1. The van der Waals surface area contributed by atoms with E-state index in [1.807, 2.05) is 36.4 Å². The third-order valence-electron chi connectivity index (χ3n) is 3.24. The molecular weight excluding hydrogens is 346 g/mol. The third-order valence-corrected chi connectivity index (χ3v) is 3.74. The average molecular weight is 358 g/mol. The number of halogens is 1. The Bertz CT molecular complexity index is 887. The fourth-order valence-electron chi connectivity index (χ4n) is 2.13. The maximum Gasteiger partial charge on any atom is 0.344 e. The van der Waals surface area contributed by atoms with Crippen molar-refractivity contribution in [3.05, 3.63) is 80.8 Å². The van der Waals surface area contributed by atoms with Crippen LogP contribution < -0.4 is 10.9 Å². The van der Waals surface area contributed by atoms with Gasteiger partial charge in [-0.2, -0.15) is 0 Å². The Morgan fingerprint density at radius 3 is 2.64 bits per heavy atom. The number of hydrogen-bond donors (Lipinski definition) is 1. The van der Waals surface area contributed by atoms with Gasteiger partial charge in [-0.3, -0.25) is 4.79 Å². The number of nitrogens with one attached hydrogen (secondary N) is 1. The molecule has 4 nitrogen and oxygen atoms in total. The maximum absolute atomic E-state index is 12.1. The molecule has 0 aliphatic rings. The standard InChI is InChI=1S/C17H12BrNO3/c18-13-7-6-12-8-15(22-17(21)14(12)9-13)16(20)19-10-11-4-2-1-3-5-11/h1-9H,10H2,(H,19,20). The van der Waals surface area contributed by atoms with Crippen LogP contribution in [0.3, 0.4) is 0 Å². The molecule has 0 saturated carbocycles. The molecule has 0 saturated heterocycles. The molecule has 1 aromatic heterocycles. The lowest BCUT2D eigenvalue weighted by molar-refractivity contribution is 0.0919. The van der Waals surface area contributed by atoms with Crippen LogP contribution in [0.1, 0.15) is 16.1 Å². The van der Waals surface area contributed by atoms with Crippen LogP contribution in [-0.2, 0) is 6.54 Å². The van der Waals surface area contributed by atoms with Gasteiger partial charge in [-0.05, 0) is 29.1 Å². The number of carbonyl (C=O) groups excluding carboxylic acids is 1. The van der Waals surface area contributed by atoms with Crippen molar-refractivity contribution in [3.63, 3.8) is 0 Å². The van der Waals surface area contributed by atoms with E-state index in [-0.39, 0.29) is 5.76 Å². The number of amides is 1. The second-order valence-corrected chi connectivity index (χ2v) is 5.71. The van der Waals surface area contributed by atoms with Crippen molar-refractivity contribution >= 4 is 32.6 Å². The van der Waals surface area contributed by atoms with Crippen molar-refractivity contribution in [2.75, 3.05) is 0 Å². The lowest BCUT2D eigenvalue weighted by Gasteiger charge is -2.05. The van der Waals surface area contributed by atoms with Crippen molar-refractivity contribution in [2.45, 2.75) is 6.54 Å². The van der Waals surface area contributed by atoms with Crippen LogP contribution in [0.5, 0.6) is 0 Å². The smallest absolute Gasteiger partial charge is 0.344 e. The first-order valence-corrected chi connectivity index (χ1v) is 7.48. The van der Waals surface area contributed by atoms with Gasteiger partial charge in [0.05, 0.1) is 5.39 Å². The normalized spacial score (nSPS) is 10.6. The highest BCUT2D eigenvalue weighted by molar-refractivity contribution is 9.10. The van der Waals surface area contributed by atoms with Crippen LogP contribution >= 0.6 is 15.9 Å². The second-order valence-electron chi connectivity index (χ2n) is 4.80. The van der Waals surface area contributed by atoms with Crippen LogP contribution in [-0.4, -0.2) is 5.91 Å². The Labute approximate surface area is 134 Å². The van der Waals surface area contributed by atoms with Crippen molar-refractivity contribution in [1.29, 1.82) is 0 Å². The number of hydrogen-bond acceptors (Lipinski definition) is 3. The predicted molar refractivity (Wildman–Crippen MR) is 87.8 cm³/mol. The predicted octanol–water partition coefficient (Wildman–Crippen LogP) is 3.49. The van der Waals surface area contributed by atoms with Gasteiger partial charge in [0.1, 0.15) is 0 Å². The summed E-state index contributed by atoms with van der Waals surface area (Å²) in [6.07, 6.45) is 0. The van der Waals surface area contributed by atoms with Crippen molar-refractivity contribution < 1.29 is 9.21 Å². The SMILES string of the molecule is O=C(NCc1ccccc1)c1cc2ccc(Br)cc2c(=O)o1. The molecule has 110 valence electrons. The molecule has 0 fully saturated rings. The monoisotopic (exact) mass is 357 g/mol. The van der Waals surface area contributed by atoms with Crippen LogP contribution in [0.25, 0.3) is 10.8 Å². The zero-order chi connectivity index (χ0) is 15.5. The van der Waals surface area contributed by atoms with Gasteiger partial charge < -0.3 is 9.73 Å².